The lowest BCUT2D eigenvalue weighted by Crippen LogP contribution is -2.49. The topological polar surface area (TPSA) is 201 Å². The summed E-state index contributed by atoms with van der Waals surface area (Å²) >= 11 is 0. The first-order valence-electron chi connectivity index (χ1n) is 24.7. The highest BCUT2D eigenvalue weighted by molar-refractivity contribution is 5.72. The van der Waals surface area contributed by atoms with Gasteiger partial charge in [0.2, 0.25) is 0 Å². The quantitative estimate of drug-likeness (QED) is 0.0143. The summed E-state index contributed by atoms with van der Waals surface area (Å²) in [5, 5.41) is 62.4. The predicted molar refractivity (Wildman–Crippen MR) is 241 cm³/mol. The number of piperidine rings is 1. The van der Waals surface area contributed by atoms with Gasteiger partial charge in [-0.15, -0.1) is 0 Å². The van der Waals surface area contributed by atoms with Crippen LogP contribution in [-0.4, -0.2) is 135 Å². The minimum absolute atomic E-state index is 0.0124. The lowest BCUT2D eigenvalue weighted by Gasteiger charge is -2.42. The van der Waals surface area contributed by atoms with E-state index in [1.807, 2.05) is 0 Å². The first-order valence-corrected chi connectivity index (χ1v) is 24.7. The number of carbonyl (C=O) groups is 2. The Kier molecular flexibility index (Phi) is 33.2. The summed E-state index contributed by atoms with van der Waals surface area (Å²) in [5.41, 5.74) is 0.403. The van der Waals surface area contributed by atoms with Crippen molar-refractivity contribution >= 4 is 12.3 Å². The zero-order chi connectivity index (χ0) is 45.2. The minimum atomic E-state index is -2.59. The molecule has 3 unspecified atom stereocenters. The van der Waals surface area contributed by atoms with Crippen LogP contribution >= 0.6 is 0 Å². The maximum absolute atomic E-state index is 13.3. The molecular weight excluding hydrogens is 781 g/mol. The Labute approximate surface area is 371 Å². The summed E-state index contributed by atoms with van der Waals surface area (Å²) in [7, 11) is 1.72. The summed E-state index contributed by atoms with van der Waals surface area (Å²) in [5.74, 6) is -5.12. The maximum atomic E-state index is 13.3. The van der Waals surface area contributed by atoms with E-state index in [2.05, 4.69) is 23.6 Å². The molecule has 0 saturated carbocycles. The molecule has 0 aromatic rings. The molecule has 13 nitrogen and oxygen atoms in total. The standard InChI is InChI=1S/C32H62N2O7.C16H32O4/c1-3-4-5-6-9-14-28(15-10-7-8-11-16-32(37,38)39)30(36)41-26-29(25-40-2)34-22-18-31(19-23-34)17-21-33(27-31)20-12-13-24-35;1-2-3-4-5-8-11-15(14-17)12-9-6-7-10-13-16(18,19)20/h28-29,35,37-39H,3-27H2,1-2H3;14-15,18-20H,2-13H2,1H3. The molecule has 0 aromatic carbocycles. The van der Waals surface area contributed by atoms with Gasteiger partial charge < -0.3 is 54.9 Å². The molecule has 362 valence electrons. The van der Waals surface area contributed by atoms with Crippen molar-refractivity contribution < 1.29 is 54.8 Å². The Hall–Kier alpha value is -1.26. The van der Waals surface area contributed by atoms with Crippen LogP contribution in [-0.2, 0) is 19.1 Å². The van der Waals surface area contributed by atoms with Gasteiger partial charge in [0.25, 0.3) is 11.9 Å². The monoisotopic (exact) mass is 875 g/mol. The third-order valence-corrected chi connectivity index (χ3v) is 13.1. The van der Waals surface area contributed by atoms with Gasteiger partial charge in [0.1, 0.15) is 12.9 Å². The largest absolute Gasteiger partial charge is 0.464 e. The van der Waals surface area contributed by atoms with Gasteiger partial charge in [-0.2, -0.15) is 0 Å². The molecule has 2 heterocycles. The van der Waals surface area contributed by atoms with Crippen molar-refractivity contribution in [1.82, 2.24) is 9.80 Å². The molecule has 2 aliphatic heterocycles. The molecule has 0 aromatic heterocycles. The predicted octanol–water partition coefficient (Wildman–Crippen LogP) is 7.19. The number of carbonyl (C=O) groups excluding carboxylic acids is 2. The van der Waals surface area contributed by atoms with E-state index in [1.165, 1.54) is 64.2 Å². The average molecular weight is 875 g/mol. The zero-order valence-electron chi connectivity index (χ0n) is 39.1. The van der Waals surface area contributed by atoms with E-state index < -0.39 is 11.9 Å². The highest BCUT2D eigenvalue weighted by atomic mass is 16.7. The van der Waals surface area contributed by atoms with Crippen molar-refractivity contribution in [3.8, 4) is 0 Å². The Morgan fingerprint density at radius 3 is 1.57 bits per heavy atom. The number of nitrogens with zero attached hydrogens (tertiary/aromatic N) is 2. The number of likely N-dealkylation sites (tertiary alicyclic amines) is 2. The number of unbranched alkanes of at least 4 members (excludes halogenated alkanes) is 15. The number of aliphatic hydroxyl groups is 7. The van der Waals surface area contributed by atoms with Crippen LogP contribution in [0.4, 0.5) is 0 Å². The molecule has 0 amide bonds. The third kappa shape index (κ3) is 30.5. The summed E-state index contributed by atoms with van der Waals surface area (Å²) in [6.45, 7) is 11.0. The highest BCUT2D eigenvalue weighted by Crippen LogP contribution is 2.41. The first kappa shape index (κ1) is 57.8. The lowest BCUT2D eigenvalue weighted by atomic mass is 9.77. The van der Waals surface area contributed by atoms with Crippen LogP contribution in [0.5, 0.6) is 0 Å². The van der Waals surface area contributed by atoms with E-state index in [-0.39, 0.29) is 43.3 Å². The number of esters is 1. The Morgan fingerprint density at radius 2 is 1.11 bits per heavy atom. The number of ether oxygens (including phenoxy) is 2. The fourth-order valence-corrected chi connectivity index (χ4v) is 9.08. The van der Waals surface area contributed by atoms with Gasteiger partial charge in [0, 0.05) is 39.0 Å². The molecule has 2 rings (SSSR count). The van der Waals surface area contributed by atoms with E-state index >= 15 is 0 Å². The lowest BCUT2D eigenvalue weighted by molar-refractivity contribution is -0.316. The van der Waals surface area contributed by atoms with Crippen LogP contribution in [0.3, 0.4) is 0 Å². The Balaban J connectivity index is 0.000000782. The van der Waals surface area contributed by atoms with Gasteiger partial charge in [0.05, 0.1) is 18.6 Å². The summed E-state index contributed by atoms with van der Waals surface area (Å²) in [6, 6.07) is 0.0734. The van der Waals surface area contributed by atoms with Crippen LogP contribution in [0.25, 0.3) is 0 Å². The van der Waals surface area contributed by atoms with Crippen molar-refractivity contribution in [1.29, 1.82) is 0 Å². The normalized spacial score (nSPS) is 17.5. The van der Waals surface area contributed by atoms with Gasteiger partial charge in [-0.05, 0) is 102 Å². The third-order valence-electron chi connectivity index (χ3n) is 13.1. The molecule has 0 bridgehead atoms. The number of aldehydes is 1. The molecule has 2 fully saturated rings. The van der Waals surface area contributed by atoms with Crippen molar-refractivity contribution in [2.75, 3.05) is 59.7 Å². The Bertz CT molecular complexity index is 1050. The van der Waals surface area contributed by atoms with E-state index in [0.29, 0.717) is 31.5 Å². The molecule has 0 aliphatic carbocycles. The summed E-state index contributed by atoms with van der Waals surface area (Å²) in [4.78, 5) is 29.3. The van der Waals surface area contributed by atoms with Gasteiger partial charge in [0.15, 0.2) is 0 Å². The number of hydrogen-bond donors (Lipinski definition) is 7. The van der Waals surface area contributed by atoms with Gasteiger partial charge in [-0.3, -0.25) is 9.69 Å². The highest BCUT2D eigenvalue weighted by Gasteiger charge is 2.41. The number of rotatable bonds is 37. The van der Waals surface area contributed by atoms with Crippen molar-refractivity contribution in [2.24, 2.45) is 17.3 Å². The fraction of sp³-hybridized carbons (Fsp3) is 0.958. The van der Waals surface area contributed by atoms with Gasteiger partial charge in [-0.1, -0.05) is 117 Å². The second-order valence-electron chi connectivity index (χ2n) is 18.7. The molecule has 2 aliphatic rings. The number of aliphatic hydroxyl groups excluding tert-OH is 1. The number of methoxy groups -OCH3 is 1. The van der Waals surface area contributed by atoms with Crippen molar-refractivity contribution in [2.45, 2.75) is 218 Å². The van der Waals surface area contributed by atoms with E-state index in [1.54, 1.807) is 7.11 Å². The molecule has 13 heteroatoms. The molecule has 1 spiro atoms. The summed E-state index contributed by atoms with van der Waals surface area (Å²) < 4.78 is 11.5. The van der Waals surface area contributed by atoms with Gasteiger partial charge in [-0.25, -0.2) is 0 Å². The zero-order valence-corrected chi connectivity index (χ0v) is 39.1. The van der Waals surface area contributed by atoms with Crippen LogP contribution in [0.2, 0.25) is 0 Å². The molecule has 3 atom stereocenters. The van der Waals surface area contributed by atoms with E-state index in [0.717, 1.165) is 135 Å². The molecule has 0 radical (unpaired) electrons. The van der Waals surface area contributed by atoms with E-state index in [9.17, 15) is 9.59 Å². The second kappa shape index (κ2) is 35.1. The average Bonchev–Trinajstić information content (AvgIpc) is 3.61. The second-order valence-corrected chi connectivity index (χ2v) is 18.7. The molecule has 2 saturated heterocycles. The van der Waals surface area contributed by atoms with Crippen molar-refractivity contribution in [3.05, 3.63) is 0 Å². The van der Waals surface area contributed by atoms with Crippen LogP contribution in [0, 0.1) is 17.3 Å². The number of hydrogen-bond acceptors (Lipinski definition) is 13. The van der Waals surface area contributed by atoms with E-state index in [4.69, 9.17) is 45.2 Å². The van der Waals surface area contributed by atoms with Gasteiger partial charge >= 0.3 is 5.97 Å². The van der Waals surface area contributed by atoms with Crippen LogP contribution < -0.4 is 0 Å². The molecular formula is C48H94N2O11. The SMILES string of the molecule is CCCCCCCC(C=O)CCCCCCC(O)(O)O.CCCCCCCC(CCCCCCC(O)(O)O)C(=O)OCC(COC)N1CCC2(CCN(CCCCO)C2)CC1. The molecule has 61 heavy (non-hydrogen) atoms. The van der Waals surface area contributed by atoms with Crippen LogP contribution in [0.15, 0.2) is 0 Å². The Morgan fingerprint density at radius 1 is 0.639 bits per heavy atom. The van der Waals surface area contributed by atoms with Crippen molar-refractivity contribution in [3.63, 3.8) is 0 Å². The summed E-state index contributed by atoms with van der Waals surface area (Å²) in [6.07, 6.45) is 28.6. The first-order chi connectivity index (χ1) is 29.2. The fourth-order valence-electron chi connectivity index (χ4n) is 9.08. The van der Waals surface area contributed by atoms with Crippen LogP contribution in [0.1, 0.15) is 200 Å². The molecule has 7 N–H and O–H groups in total. The maximum Gasteiger partial charge on any atom is 0.308 e. The smallest absolute Gasteiger partial charge is 0.308 e. The minimum Gasteiger partial charge on any atom is -0.464 e.